The summed E-state index contributed by atoms with van der Waals surface area (Å²) in [6.45, 7) is 1.97. The van der Waals surface area contributed by atoms with E-state index >= 15 is 0 Å². The number of benzene rings is 1. The lowest BCUT2D eigenvalue weighted by Crippen LogP contribution is -2.22. The van der Waals surface area contributed by atoms with Gasteiger partial charge in [-0.25, -0.2) is 0 Å². The van der Waals surface area contributed by atoms with Crippen molar-refractivity contribution >= 4 is 29.2 Å². The molecule has 0 saturated carbocycles. The van der Waals surface area contributed by atoms with Crippen LogP contribution >= 0.6 is 23.2 Å². The van der Waals surface area contributed by atoms with E-state index in [0.717, 1.165) is 0 Å². The predicted molar refractivity (Wildman–Crippen MR) is 63.2 cm³/mol. The van der Waals surface area contributed by atoms with Gasteiger partial charge in [-0.1, -0.05) is 23.7 Å². The van der Waals surface area contributed by atoms with Gasteiger partial charge in [-0.15, -0.1) is 11.6 Å². The molecular formula is C11H12Cl2O3. The maximum absolute atomic E-state index is 10.9. The molecule has 88 valence electrons. The molecule has 1 aromatic carbocycles. The van der Waals surface area contributed by atoms with Crippen molar-refractivity contribution in [2.45, 2.75) is 13.0 Å². The number of ether oxygens (including phenoxy) is 2. The predicted octanol–water partition coefficient (Wildman–Crippen LogP) is 2.89. The Morgan fingerprint density at radius 3 is 2.75 bits per heavy atom. The van der Waals surface area contributed by atoms with Crippen molar-refractivity contribution in [1.29, 1.82) is 0 Å². The third-order valence-electron chi connectivity index (χ3n) is 1.75. The van der Waals surface area contributed by atoms with Crippen LogP contribution in [0.1, 0.15) is 6.92 Å². The van der Waals surface area contributed by atoms with Crippen LogP contribution in [0.25, 0.3) is 0 Å². The fourth-order valence-corrected chi connectivity index (χ4v) is 1.31. The second-order valence-electron chi connectivity index (χ2n) is 3.18. The maximum Gasteiger partial charge on any atom is 0.321 e. The SMILES string of the molecule is CC(COc1ccccc1Cl)OC(=O)CCl. The summed E-state index contributed by atoms with van der Waals surface area (Å²) in [6.07, 6.45) is -0.359. The molecule has 16 heavy (non-hydrogen) atoms. The second-order valence-corrected chi connectivity index (χ2v) is 3.85. The van der Waals surface area contributed by atoms with E-state index in [-0.39, 0.29) is 18.6 Å². The van der Waals surface area contributed by atoms with Gasteiger partial charge in [0.2, 0.25) is 0 Å². The molecule has 0 heterocycles. The van der Waals surface area contributed by atoms with Crippen molar-refractivity contribution in [1.82, 2.24) is 0 Å². The minimum absolute atomic E-state index is 0.156. The minimum Gasteiger partial charge on any atom is -0.488 e. The molecule has 1 aromatic rings. The topological polar surface area (TPSA) is 35.5 Å². The van der Waals surface area contributed by atoms with Gasteiger partial charge < -0.3 is 9.47 Å². The van der Waals surface area contributed by atoms with Crippen LogP contribution in [-0.2, 0) is 9.53 Å². The van der Waals surface area contributed by atoms with E-state index in [2.05, 4.69) is 0 Å². The van der Waals surface area contributed by atoms with E-state index in [4.69, 9.17) is 32.7 Å². The molecule has 5 heteroatoms. The van der Waals surface area contributed by atoms with Crippen molar-refractivity contribution in [3.05, 3.63) is 29.3 Å². The van der Waals surface area contributed by atoms with E-state index in [1.807, 2.05) is 12.1 Å². The quantitative estimate of drug-likeness (QED) is 0.605. The molecule has 1 atom stereocenters. The van der Waals surface area contributed by atoms with E-state index in [9.17, 15) is 4.79 Å². The van der Waals surface area contributed by atoms with Crippen LogP contribution in [-0.4, -0.2) is 24.6 Å². The van der Waals surface area contributed by atoms with Crippen LogP contribution in [0.3, 0.4) is 0 Å². The highest BCUT2D eigenvalue weighted by molar-refractivity contribution is 6.32. The lowest BCUT2D eigenvalue weighted by Gasteiger charge is -2.14. The Labute approximate surface area is 104 Å². The number of hydrogen-bond donors (Lipinski definition) is 0. The van der Waals surface area contributed by atoms with Gasteiger partial charge in [-0.2, -0.15) is 0 Å². The zero-order valence-electron chi connectivity index (χ0n) is 8.78. The molecule has 0 aliphatic heterocycles. The normalized spacial score (nSPS) is 11.9. The maximum atomic E-state index is 10.9. The summed E-state index contributed by atoms with van der Waals surface area (Å²) in [7, 11) is 0. The summed E-state index contributed by atoms with van der Waals surface area (Å²) in [4.78, 5) is 10.9. The van der Waals surface area contributed by atoms with E-state index in [0.29, 0.717) is 10.8 Å². The van der Waals surface area contributed by atoms with Crippen molar-refractivity contribution in [3.63, 3.8) is 0 Å². The summed E-state index contributed by atoms with van der Waals surface area (Å²) in [6, 6.07) is 7.10. The molecule has 0 amide bonds. The average molecular weight is 263 g/mol. The highest BCUT2D eigenvalue weighted by Crippen LogP contribution is 2.23. The third kappa shape index (κ3) is 4.29. The van der Waals surface area contributed by atoms with Crippen LogP contribution in [0.5, 0.6) is 5.75 Å². The van der Waals surface area contributed by atoms with Gasteiger partial charge >= 0.3 is 5.97 Å². The second kappa shape index (κ2) is 6.61. The lowest BCUT2D eigenvalue weighted by atomic mass is 10.3. The van der Waals surface area contributed by atoms with Crippen LogP contribution in [0.15, 0.2) is 24.3 Å². The van der Waals surface area contributed by atoms with E-state index < -0.39 is 5.97 Å². The van der Waals surface area contributed by atoms with Gasteiger partial charge in [0.15, 0.2) is 0 Å². The summed E-state index contributed by atoms with van der Waals surface area (Å²) in [5, 5.41) is 0.526. The molecular weight excluding hydrogens is 251 g/mol. The van der Waals surface area contributed by atoms with Crippen molar-refractivity contribution in [3.8, 4) is 5.75 Å². The first kappa shape index (κ1) is 13.1. The minimum atomic E-state index is -0.461. The molecule has 0 fully saturated rings. The number of esters is 1. The van der Waals surface area contributed by atoms with Crippen molar-refractivity contribution in [2.75, 3.05) is 12.5 Å². The summed E-state index contributed by atoms with van der Waals surface area (Å²) in [5.74, 6) is -0.0500. The number of hydrogen-bond acceptors (Lipinski definition) is 3. The highest BCUT2D eigenvalue weighted by atomic mass is 35.5. The summed E-state index contributed by atoms with van der Waals surface area (Å²) < 4.78 is 10.3. The molecule has 0 aromatic heterocycles. The Morgan fingerprint density at radius 1 is 1.44 bits per heavy atom. The largest absolute Gasteiger partial charge is 0.488 e. The van der Waals surface area contributed by atoms with Gasteiger partial charge in [0.05, 0.1) is 5.02 Å². The Kier molecular flexibility index (Phi) is 5.43. The summed E-state index contributed by atoms with van der Waals surface area (Å²) >= 11 is 11.2. The molecule has 1 unspecified atom stereocenters. The molecule has 0 saturated heterocycles. The van der Waals surface area contributed by atoms with Gasteiger partial charge in [-0.05, 0) is 19.1 Å². The van der Waals surface area contributed by atoms with Crippen molar-refractivity contribution in [2.24, 2.45) is 0 Å². The van der Waals surface area contributed by atoms with E-state index in [1.165, 1.54) is 0 Å². The smallest absolute Gasteiger partial charge is 0.321 e. The van der Waals surface area contributed by atoms with Crippen LogP contribution < -0.4 is 4.74 Å². The van der Waals surface area contributed by atoms with Gasteiger partial charge in [-0.3, -0.25) is 4.79 Å². The lowest BCUT2D eigenvalue weighted by molar-refractivity contribution is -0.146. The number of carbonyl (C=O) groups excluding carboxylic acids is 1. The van der Waals surface area contributed by atoms with Gasteiger partial charge in [0.1, 0.15) is 24.3 Å². The number of alkyl halides is 1. The fourth-order valence-electron chi connectivity index (χ4n) is 1.06. The Balaban J connectivity index is 2.40. The molecule has 0 N–H and O–H groups in total. The number of halogens is 2. The Bertz CT molecular complexity index is 355. The molecule has 0 aliphatic rings. The molecule has 0 aliphatic carbocycles. The Hall–Kier alpha value is -0.930. The zero-order valence-corrected chi connectivity index (χ0v) is 10.3. The first-order chi connectivity index (χ1) is 7.63. The first-order valence-corrected chi connectivity index (χ1v) is 5.67. The Morgan fingerprint density at radius 2 is 2.12 bits per heavy atom. The molecule has 0 bridgehead atoms. The monoisotopic (exact) mass is 262 g/mol. The third-order valence-corrected chi connectivity index (χ3v) is 2.28. The number of carbonyl (C=O) groups is 1. The highest BCUT2D eigenvalue weighted by Gasteiger charge is 2.09. The van der Waals surface area contributed by atoms with E-state index in [1.54, 1.807) is 19.1 Å². The van der Waals surface area contributed by atoms with Crippen molar-refractivity contribution < 1.29 is 14.3 Å². The molecule has 3 nitrogen and oxygen atoms in total. The van der Waals surface area contributed by atoms with Crippen LogP contribution in [0.4, 0.5) is 0 Å². The number of rotatable bonds is 5. The van der Waals surface area contributed by atoms with Gasteiger partial charge in [0.25, 0.3) is 0 Å². The molecule has 0 radical (unpaired) electrons. The standard InChI is InChI=1S/C11H12Cl2O3/c1-8(16-11(14)6-12)7-15-10-5-3-2-4-9(10)13/h2-5,8H,6-7H2,1H3. The molecule has 0 spiro atoms. The fraction of sp³-hybridized carbons (Fsp3) is 0.364. The zero-order chi connectivity index (χ0) is 12.0. The average Bonchev–Trinajstić information content (AvgIpc) is 2.28. The van der Waals surface area contributed by atoms with Gasteiger partial charge in [0, 0.05) is 0 Å². The first-order valence-electron chi connectivity index (χ1n) is 4.76. The molecule has 1 rings (SSSR count). The summed E-state index contributed by atoms with van der Waals surface area (Å²) in [5.41, 5.74) is 0. The number of para-hydroxylation sites is 1. The van der Waals surface area contributed by atoms with Crippen LogP contribution in [0.2, 0.25) is 5.02 Å². The van der Waals surface area contributed by atoms with Crippen LogP contribution in [0, 0.1) is 0 Å².